The fraction of sp³-hybridized carbons (Fsp3) is 0.364. The van der Waals surface area contributed by atoms with Crippen LogP contribution in [0.25, 0.3) is 0 Å². The first-order valence-electron chi connectivity index (χ1n) is 5.02. The number of rotatable bonds is 6. The molecule has 96 valence electrons. The van der Waals surface area contributed by atoms with Crippen LogP contribution in [0, 0.1) is 3.57 Å². The molecule has 0 unspecified atom stereocenters. The van der Waals surface area contributed by atoms with E-state index in [1.807, 2.05) is 31.3 Å². The van der Waals surface area contributed by atoms with Crippen molar-refractivity contribution in [2.24, 2.45) is 0 Å². The smallest absolute Gasteiger partial charge is 0.257 e. The Bertz CT molecular complexity index is 333. The molecule has 0 aliphatic heterocycles. The van der Waals surface area contributed by atoms with E-state index in [0.717, 1.165) is 10.1 Å². The van der Waals surface area contributed by atoms with Crippen LogP contribution in [0.15, 0.2) is 24.3 Å². The summed E-state index contributed by atoms with van der Waals surface area (Å²) < 4.78 is 6.46. The maximum Gasteiger partial charge on any atom is 0.257 e. The van der Waals surface area contributed by atoms with Gasteiger partial charge in [0, 0.05) is 16.7 Å². The monoisotopic (exact) mass is 370 g/mol. The lowest BCUT2D eigenvalue weighted by Gasteiger charge is -2.07. The third-order valence-electron chi connectivity index (χ3n) is 1.88. The highest BCUT2D eigenvalue weighted by atomic mass is 127. The molecule has 1 aromatic carbocycles. The molecule has 0 heterocycles. The van der Waals surface area contributed by atoms with Gasteiger partial charge < -0.3 is 15.4 Å². The van der Waals surface area contributed by atoms with E-state index in [1.54, 1.807) is 0 Å². The second kappa shape index (κ2) is 9.49. The van der Waals surface area contributed by atoms with Crippen LogP contribution in [0.3, 0.4) is 0 Å². The quantitative estimate of drug-likeness (QED) is 0.588. The molecule has 4 nitrogen and oxygen atoms in total. The van der Waals surface area contributed by atoms with Crippen LogP contribution >= 0.6 is 35.0 Å². The summed E-state index contributed by atoms with van der Waals surface area (Å²) in [7, 11) is 1.84. The lowest BCUT2D eigenvalue weighted by Crippen LogP contribution is -2.33. The molecule has 0 atom stereocenters. The summed E-state index contributed by atoms with van der Waals surface area (Å²) in [5.74, 6) is 0.609. The number of hydrogen-bond donors (Lipinski definition) is 2. The molecule has 6 heteroatoms. The maximum atomic E-state index is 11.3. The lowest BCUT2D eigenvalue weighted by atomic mass is 10.3. The summed E-state index contributed by atoms with van der Waals surface area (Å²) in [6.45, 7) is 1.44. The van der Waals surface area contributed by atoms with Gasteiger partial charge in [-0.1, -0.05) is 0 Å². The van der Waals surface area contributed by atoms with Crippen molar-refractivity contribution in [3.05, 3.63) is 27.8 Å². The zero-order valence-electron chi connectivity index (χ0n) is 9.53. The van der Waals surface area contributed by atoms with E-state index in [2.05, 4.69) is 33.2 Å². The molecular formula is C11H16ClIN2O2. The standard InChI is InChI=1S/C11H15IN2O2.ClH/c1-13-6-7-14-11(15)8-16-10-4-2-9(12)3-5-10;/h2-5,13H,6-8H2,1H3,(H,14,15);1H. The van der Waals surface area contributed by atoms with Gasteiger partial charge in [-0.15, -0.1) is 12.4 Å². The summed E-state index contributed by atoms with van der Waals surface area (Å²) in [6, 6.07) is 7.58. The average Bonchev–Trinajstić information content (AvgIpc) is 2.29. The van der Waals surface area contributed by atoms with Gasteiger partial charge in [0.05, 0.1) is 0 Å². The molecule has 0 saturated heterocycles. The molecule has 1 aromatic rings. The van der Waals surface area contributed by atoms with Crippen molar-refractivity contribution in [2.45, 2.75) is 0 Å². The third-order valence-corrected chi connectivity index (χ3v) is 2.60. The number of likely N-dealkylation sites (N-methyl/N-ethyl adjacent to an activating group) is 1. The van der Waals surface area contributed by atoms with Crippen molar-refractivity contribution in [1.82, 2.24) is 10.6 Å². The topological polar surface area (TPSA) is 50.4 Å². The zero-order valence-corrected chi connectivity index (χ0v) is 12.5. The number of hydrogen-bond acceptors (Lipinski definition) is 3. The Morgan fingerprint density at radius 1 is 1.29 bits per heavy atom. The molecule has 0 radical (unpaired) electrons. The number of halogens is 2. The maximum absolute atomic E-state index is 11.3. The summed E-state index contributed by atoms with van der Waals surface area (Å²) in [4.78, 5) is 11.3. The normalized spacial score (nSPS) is 9.29. The summed E-state index contributed by atoms with van der Waals surface area (Å²) in [5, 5.41) is 5.68. The first-order valence-corrected chi connectivity index (χ1v) is 6.10. The van der Waals surface area contributed by atoms with Gasteiger partial charge in [-0.2, -0.15) is 0 Å². The second-order valence-electron chi connectivity index (χ2n) is 3.20. The molecule has 0 aromatic heterocycles. The minimum Gasteiger partial charge on any atom is -0.484 e. The van der Waals surface area contributed by atoms with Crippen molar-refractivity contribution < 1.29 is 9.53 Å². The van der Waals surface area contributed by atoms with Crippen LogP contribution in [0.5, 0.6) is 5.75 Å². The molecule has 1 rings (SSSR count). The molecule has 1 amide bonds. The molecule has 0 bridgehead atoms. The number of carbonyl (C=O) groups is 1. The Balaban J connectivity index is 0.00000256. The number of benzene rings is 1. The molecular weight excluding hydrogens is 354 g/mol. The zero-order chi connectivity index (χ0) is 11.8. The van der Waals surface area contributed by atoms with E-state index in [4.69, 9.17) is 4.74 Å². The number of carbonyl (C=O) groups excluding carboxylic acids is 1. The Morgan fingerprint density at radius 2 is 1.94 bits per heavy atom. The van der Waals surface area contributed by atoms with E-state index >= 15 is 0 Å². The Morgan fingerprint density at radius 3 is 2.53 bits per heavy atom. The van der Waals surface area contributed by atoms with Crippen molar-refractivity contribution in [2.75, 3.05) is 26.7 Å². The number of amides is 1. The number of ether oxygens (including phenoxy) is 1. The van der Waals surface area contributed by atoms with Gasteiger partial charge in [0.25, 0.3) is 5.91 Å². The molecule has 2 N–H and O–H groups in total. The highest BCUT2D eigenvalue weighted by Crippen LogP contribution is 2.12. The van der Waals surface area contributed by atoms with Gasteiger partial charge in [0.1, 0.15) is 5.75 Å². The van der Waals surface area contributed by atoms with Crippen LogP contribution in [-0.4, -0.2) is 32.7 Å². The minimum atomic E-state index is -0.103. The molecule has 0 saturated carbocycles. The van der Waals surface area contributed by atoms with Crippen LogP contribution in [-0.2, 0) is 4.79 Å². The van der Waals surface area contributed by atoms with E-state index < -0.39 is 0 Å². The van der Waals surface area contributed by atoms with Crippen molar-refractivity contribution >= 4 is 40.9 Å². The predicted molar refractivity (Wildman–Crippen MR) is 78.8 cm³/mol. The minimum absolute atomic E-state index is 0. The Hall–Kier alpha value is -0.530. The van der Waals surface area contributed by atoms with Crippen LogP contribution in [0.2, 0.25) is 0 Å². The molecule has 17 heavy (non-hydrogen) atoms. The largest absolute Gasteiger partial charge is 0.484 e. The third kappa shape index (κ3) is 7.40. The van der Waals surface area contributed by atoms with Crippen LogP contribution < -0.4 is 15.4 Å². The molecule has 0 aliphatic carbocycles. The van der Waals surface area contributed by atoms with Gasteiger partial charge in [0.15, 0.2) is 6.61 Å². The molecule has 0 spiro atoms. The SMILES string of the molecule is CNCCNC(=O)COc1ccc(I)cc1.Cl. The molecule has 0 aliphatic rings. The first kappa shape index (κ1) is 16.5. The molecule has 0 fully saturated rings. The van der Waals surface area contributed by atoms with E-state index in [9.17, 15) is 4.79 Å². The number of nitrogens with one attached hydrogen (secondary N) is 2. The summed E-state index contributed by atoms with van der Waals surface area (Å²) >= 11 is 2.22. The van der Waals surface area contributed by atoms with Gasteiger partial charge in [0.2, 0.25) is 0 Å². The fourth-order valence-electron chi connectivity index (χ4n) is 1.06. The Labute approximate surface area is 121 Å². The Kier molecular flexibility index (Phi) is 9.20. The van der Waals surface area contributed by atoms with Crippen LogP contribution in [0.1, 0.15) is 0 Å². The van der Waals surface area contributed by atoms with Gasteiger partial charge in [-0.25, -0.2) is 0 Å². The van der Waals surface area contributed by atoms with Crippen molar-refractivity contribution in [3.63, 3.8) is 0 Å². The highest BCUT2D eigenvalue weighted by molar-refractivity contribution is 14.1. The summed E-state index contributed by atoms with van der Waals surface area (Å²) in [5.41, 5.74) is 0. The van der Waals surface area contributed by atoms with Crippen molar-refractivity contribution in [3.8, 4) is 5.75 Å². The van der Waals surface area contributed by atoms with E-state index in [-0.39, 0.29) is 24.9 Å². The lowest BCUT2D eigenvalue weighted by molar-refractivity contribution is -0.123. The summed E-state index contributed by atoms with van der Waals surface area (Å²) in [6.07, 6.45) is 0. The van der Waals surface area contributed by atoms with Gasteiger partial charge >= 0.3 is 0 Å². The van der Waals surface area contributed by atoms with Crippen molar-refractivity contribution in [1.29, 1.82) is 0 Å². The predicted octanol–water partition coefficient (Wildman–Crippen LogP) is 1.43. The fourth-order valence-corrected chi connectivity index (χ4v) is 1.42. The average molecular weight is 371 g/mol. The second-order valence-corrected chi connectivity index (χ2v) is 4.44. The van der Waals surface area contributed by atoms with Crippen LogP contribution in [0.4, 0.5) is 0 Å². The highest BCUT2D eigenvalue weighted by Gasteiger charge is 2.01. The first-order chi connectivity index (χ1) is 7.72. The van der Waals surface area contributed by atoms with E-state index in [0.29, 0.717) is 12.3 Å². The van der Waals surface area contributed by atoms with Gasteiger partial charge in [-0.3, -0.25) is 4.79 Å². The van der Waals surface area contributed by atoms with E-state index in [1.165, 1.54) is 0 Å². The van der Waals surface area contributed by atoms with Gasteiger partial charge in [-0.05, 0) is 53.9 Å².